The zero-order valence-corrected chi connectivity index (χ0v) is 12.1. The predicted octanol–water partition coefficient (Wildman–Crippen LogP) is 2.56. The van der Waals surface area contributed by atoms with Gasteiger partial charge in [-0.05, 0) is 35.4 Å². The molecular formula is C17H18F2N2O. The van der Waals surface area contributed by atoms with Crippen molar-refractivity contribution in [1.82, 2.24) is 5.32 Å². The minimum Gasteiger partial charge on any atom is -0.355 e. The smallest absolute Gasteiger partial charge is 0.220 e. The Morgan fingerprint density at radius 2 is 1.41 bits per heavy atom. The Morgan fingerprint density at radius 1 is 0.955 bits per heavy atom. The summed E-state index contributed by atoms with van der Waals surface area (Å²) in [6, 6.07) is 12.0. The standard InChI is InChI=1S/C17H18F2N2O/c18-14-5-1-12(2-6-14)16(11-17(22)21-10-9-20)13-3-7-15(19)8-4-13/h1-8,16H,9-11,20H2,(H,21,22). The highest BCUT2D eigenvalue weighted by molar-refractivity contribution is 5.77. The highest BCUT2D eigenvalue weighted by atomic mass is 19.1. The molecule has 2 aromatic carbocycles. The summed E-state index contributed by atoms with van der Waals surface area (Å²) in [5, 5.41) is 2.71. The van der Waals surface area contributed by atoms with Crippen LogP contribution in [0.25, 0.3) is 0 Å². The first-order valence-corrected chi connectivity index (χ1v) is 7.08. The molecule has 0 saturated heterocycles. The van der Waals surface area contributed by atoms with E-state index < -0.39 is 0 Å². The third kappa shape index (κ3) is 4.36. The Kier molecular flexibility index (Phi) is 5.61. The highest BCUT2D eigenvalue weighted by Crippen LogP contribution is 2.28. The average Bonchev–Trinajstić information content (AvgIpc) is 2.52. The van der Waals surface area contributed by atoms with Crippen LogP contribution in [-0.4, -0.2) is 19.0 Å². The molecule has 0 aromatic heterocycles. The van der Waals surface area contributed by atoms with E-state index in [1.54, 1.807) is 24.3 Å². The molecule has 0 fully saturated rings. The summed E-state index contributed by atoms with van der Waals surface area (Å²) in [4.78, 5) is 12.0. The molecule has 0 aliphatic heterocycles. The van der Waals surface area contributed by atoms with Gasteiger partial charge in [-0.25, -0.2) is 8.78 Å². The van der Waals surface area contributed by atoms with Gasteiger partial charge < -0.3 is 11.1 Å². The van der Waals surface area contributed by atoms with Crippen molar-refractivity contribution in [1.29, 1.82) is 0 Å². The van der Waals surface area contributed by atoms with Crippen molar-refractivity contribution in [2.45, 2.75) is 12.3 Å². The molecule has 0 heterocycles. The van der Waals surface area contributed by atoms with E-state index in [0.29, 0.717) is 13.1 Å². The zero-order valence-electron chi connectivity index (χ0n) is 12.1. The summed E-state index contributed by atoms with van der Waals surface area (Å²) >= 11 is 0. The molecule has 22 heavy (non-hydrogen) atoms. The van der Waals surface area contributed by atoms with Gasteiger partial charge >= 0.3 is 0 Å². The molecule has 2 rings (SSSR count). The molecule has 5 heteroatoms. The van der Waals surface area contributed by atoms with Gasteiger partial charge in [-0.2, -0.15) is 0 Å². The van der Waals surface area contributed by atoms with E-state index in [0.717, 1.165) is 11.1 Å². The molecular weight excluding hydrogens is 286 g/mol. The third-order valence-corrected chi connectivity index (χ3v) is 3.40. The van der Waals surface area contributed by atoms with Gasteiger partial charge in [-0.1, -0.05) is 24.3 Å². The van der Waals surface area contributed by atoms with Gasteiger partial charge in [-0.3, -0.25) is 4.79 Å². The second-order valence-corrected chi connectivity index (χ2v) is 5.00. The lowest BCUT2D eigenvalue weighted by Gasteiger charge is -2.18. The fourth-order valence-electron chi connectivity index (χ4n) is 2.29. The molecule has 2 aromatic rings. The lowest BCUT2D eigenvalue weighted by atomic mass is 9.88. The van der Waals surface area contributed by atoms with Gasteiger partial charge in [0, 0.05) is 25.4 Å². The molecule has 0 unspecified atom stereocenters. The van der Waals surface area contributed by atoms with Crippen LogP contribution in [0.3, 0.4) is 0 Å². The largest absolute Gasteiger partial charge is 0.355 e. The molecule has 3 N–H and O–H groups in total. The Balaban J connectivity index is 2.25. The topological polar surface area (TPSA) is 55.1 Å². The van der Waals surface area contributed by atoms with Crippen molar-refractivity contribution in [3.63, 3.8) is 0 Å². The fourth-order valence-corrected chi connectivity index (χ4v) is 2.29. The van der Waals surface area contributed by atoms with Gasteiger partial charge in [0.25, 0.3) is 0 Å². The average molecular weight is 304 g/mol. The van der Waals surface area contributed by atoms with Crippen LogP contribution in [0.5, 0.6) is 0 Å². The maximum absolute atomic E-state index is 13.1. The van der Waals surface area contributed by atoms with E-state index in [1.807, 2.05) is 0 Å². The normalized spacial score (nSPS) is 10.7. The molecule has 3 nitrogen and oxygen atoms in total. The summed E-state index contributed by atoms with van der Waals surface area (Å²) in [5.74, 6) is -1.09. The van der Waals surface area contributed by atoms with Crippen LogP contribution < -0.4 is 11.1 Å². The van der Waals surface area contributed by atoms with Gasteiger partial charge in [0.1, 0.15) is 11.6 Å². The molecule has 0 aliphatic carbocycles. The molecule has 0 bridgehead atoms. The number of nitrogens with two attached hydrogens (primary N) is 1. The zero-order chi connectivity index (χ0) is 15.9. The van der Waals surface area contributed by atoms with Gasteiger partial charge in [0.2, 0.25) is 5.91 Å². The summed E-state index contributed by atoms with van der Waals surface area (Å²) in [6.07, 6.45) is 0.192. The van der Waals surface area contributed by atoms with E-state index in [2.05, 4.69) is 5.32 Å². The van der Waals surface area contributed by atoms with Crippen LogP contribution in [0, 0.1) is 11.6 Å². The first-order chi connectivity index (χ1) is 10.6. The Labute approximate surface area is 128 Å². The van der Waals surface area contributed by atoms with E-state index in [9.17, 15) is 13.6 Å². The maximum atomic E-state index is 13.1. The Bertz CT molecular complexity index is 566. The van der Waals surface area contributed by atoms with Crippen molar-refractivity contribution < 1.29 is 13.6 Å². The van der Waals surface area contributed by atoms with Crippen LogP contribution in [0.15, 0.2) is 48.5 Å². The number of carbonyl (C=O) groups excluding carboxylic acids is 1. The highest BCUT2D eigenvalue weighted by Gasteiger charge is 2.18. The number of rotatable bonds is 6. The van der Waals surface area contributed by atoms with Crippen molar-refractivity contribution in [2.24, 2.45) is 5.73 Å². The molecule has 116 valence electrons. The molecule has 0 saturated carbocycles. The number of benzene rings is 2. The van der Waals surface area contributed by atoms with Crippen molar-refractivity contribution in [2.75, 3.05) is 13.1 Å². The van der Waals surface area contributed by atoms with E-state index in [-0.39, 0.29) is 29.9 Å². The van der Waals surface area contributed by atoms with Crippen molar-refractivity contribution >= 4 is 5.91 Å². The van der Waals surface area contributed by atoms with Crippen LogP contribution in [0.2, 0.25) is 0 Å². The molecule has 0 spiro atoms. The van der Waals surface area contributed by atoms with Crippen LogP contribution in [0.4, 0.5) is 8.78 Å². The van der Waals surface area contributed by atoms with Crippen LogP contribution in [0.1, 0.15) is 23.5 Å². The summed E-state index contributed by atoms with van der Waals surface area (Å²) in [6.45, 7) is 0.766. The summed E-state index contributed by atoms with van der Waals surface area (Å²) < 4.78 is 26.2. The third-order valence-electron chi connectivity index (χ3n) is 3.40. The lowest BCUT2D eigenvalue weighted by molar-refractivity contribution is -0.121. The maximum Gasteiger partial charge on any atom is 0.220 e. The first kappa shape index (κ1) is 16.1. The molecule has 0 radical (unpaired) electrons. The van der Waals surface area contributed by atoms with Gasteiger partial charge in [-0.15, -0.1) is 0 Å². The second kappa shape index (κ2) is 7.66. The Hall–Kier alpha value is -2.27. The van der Waals surface area contributed by atoms with Crippen LogP contribution in [-0.2, 0) is 4.79 Å². The summed E-state index contributed by atoms with van der Waals surface area (Å²) in [7, 11) is 0. The minimum atomic E-state index is -0.339. The quantitative estimate of drug-likeness (QED) is 0.862. The number of hydrogen-bond donors (Lipinski definition) is 2. The summed E-state index contributed by atoms with van der Waals surface area (Å²) in [5.41, 5.74) is 6.97. The van der Waals surface area contributed by atoms with Gasteiger partial charge in [0.15, 0.2) is 0 Å². The van der Waals surface area contributed by atoms with Crippen molar-refractivity contribution in [3.8, 4) is 0 Å². The Morgan fingerprint density at radius 3 is 1.82 bits per heavy atom. The lowest BCUT2D eigenvalue weighted by Crippen LogP contribution is -2.30. The van der Waals surface area contributed by atoms with Crippen molar-refractivity contribution in [3.05, 3.63) is 71.3 Å². The predicted molar refractivity (Wildman–Crippen MR) is 81.3 cm³/mol. The fraction of sp³-hybridized carbons (Fsp3) is 0.235. The first-order valence-electron chi connectivity index (χ1n) is 7.08. The molecule has 0 aliphatic rings. The SMILES string of the molecule is NCCNC(=O)CC(c1ccc(F)cc1)c1ccc(F)cc1. The number of nitrogens with one attached hydrogen (secondary N) is 1. The van der Waals surface area contributed by atoms with E-state index >= 15 is 0 Å². The monoisotopic (exact) mass is 304 g/mol. The number of hydrogen-bond acceptors (Lipinski definition) is 2. The van der Waals surface area contributed by atoms with Crippen LogP contribution >= 0.6 is 0 Å². The van der Waals surface area contributed by atoms with Gasteiger partial charge in [0.05, 0.1) is 0 Å². The van der Waals surface area contributed by atoms with E-state index in [1.165, 1.54) is 24.3 Å². The van der Waals surface area contributed by atoms with E-state index in [4.69, 9.17) is 5.73 Å². The number of amides is 1. The molecule has 0 atom stereocenters. The molecule has 1 amide bonds. The number of carbonyl (C=O) groups is 1. The second-order valence-electron chi connectivity index (χ2n) is 5.00. The minimum absolute atomic E-state index is 0.149. The number of halogens is 2.